The van der Waals surface area contributed by atoms with E-state index in [1.165, 1.54) is 23.6 Å². The first-order valence-corrected chi connectivity index (χ1v) is 12.4. The molecule has 188 valence electrons. The van der Waals surface area contributed by atoms with Crippen molar-refractivity contribution in [1.82, 2.24) is 20.3 Å². The maximum Gasteiger partial charge on any atom is 0.329 e. The number of amides is 3. The van der Waals surface area contributed by atoms with Crippen LogP contribution in [-0.4, -0.2) is 75.6 Å². The smallest absolute Gasteiger partial charge is 0.329 e. The lowest BCUT2D eigenvalue weighted by Crippen LogP contribution is -2.48. The van der Waals surface area contributed by atoms with Crippen molar-refractivity contribution in [3.8, 4) is 5.75 Å². The van der Waals surface area contributed by atoms with E-state index in [1.54, 1.807) is 22.5 Å². The summed E-state index contributed by atoms with van der Waals surface area (Å²) in [5.74, 6) is 0.711. The summed E-state index contributed by atoms with van der Waals surface area (Å²) >= 11 is 1.45. The molecule has 2 aliphatic heterocycles. The van der Waals surface area contributed by atoms with Crippen LogP contribution in [0.3, 0.4) is 0 Å². The average molecular weight is 512 g/mol. The third kappa shape index (κ3) is 5.08. The number of aliphatic hydroxyl groups is 2. The van der Waals surface area contributed by atoms with Gasteiger partial charge in [-0.15, -0.1) is 11.3 Å². The van der Waals surface area contributed by atoms with E-state index >= 15 is 0 Å². The molecule has 5 rings (SSSR count). The number of fused-ring (bicyclic) bond motifs is 4. The number of ether oxygens (including phenoxy) is 1. The zero-order valence-electron chi connectivity index (χ0n) is 19.2. The number of carbonyl (C=O) groups excluding carboxylic acids is 2. The number of aliphatic hydroxyl groups excluding tert-OH is 2. The first-order valence-electron chi connectivity index (χ1n) is 11.4. The van der Waals surface area contributed by atoms with Crippen molar-refractivity contribution in [2.75, 3.05) is 41.4 Å². The number of hydrogen-bond donors (Lipinski definition) is 4. The molecule has 0 spiro atoms. The molecule has 36 heavy (non-hydrogen) atoms. The number of rotatable bonds is 8. The molecule has 2 aliphatic rings. The molecule has 13 heteroatoms. The SMILES string of the molecule is O=C(NCc1cscn1)c1ccc2c(n1)N(C(=O)Nc1cc(OCC(O)CO)ccn1)[C@H]1CCN2C1. The third-order valence-corrected chi connectivity index (χ3v) is 6.57. The zero-order valence-corrected chi connectivity index (χ0v) is 20.0. The fourth-order valence-electron chi connectivity index (χ4n) is 4.17. The highest BCUT2D eigenvalue weighted by Gasteiger charge is 2.40. The summed E-state index contributed by atoms with van der Waals surface area (Å²) in [6.07, 6.45) is 1.23. The van der Waals surface area contributed by atoms with Gasteiger partial charge in [0.05, 0.1) is 36.1 Å². The summed E-state index contributed by atoms with van der Waals surface area (Å²) in [5, 5.41) is 25.9. The standard InChI is InChI=1S/C23H25N7O5S/c31-10-16(32)11-35-17-3-5-24-20(7-17)28-23(34)30-15-4-6-29(9-15)19-2-1-18(27-21(19)30)22(33)25-8-14-12-36-13-26-14/h1-3,5,7,12-13,15-16,31-32H,4,6,8-11H2,(H,25,33)(H,24,28,34)/t15-,16?/m0/s1. The van der Waals surface area contributed by atoms with Crippen molar-refractivity contribution >= 4 is 40.6 Å². The lowest BCUT2D eigenvalue weighted by molar-refractivity contribution is 0.0536. The Hall–Kier alpha value is -3.81. The maximum absolute atomic E-state index is 13.4. The van der Waals surface area contributed by atoms with Crippen molar-refractivity contribution in [1.29, 1.82) is 0 Å². The number of urea groups is 1. The van der Waals surface area contributed by atoms with Gasteiger partial charge in [-0.25, -0.2) is 19.7 Å². The van der Waals surface area contributed by atoms with Gasteiger partial charge >= 0.3 is 6.03 Å². The van der Waals surface area contributed by atoms with Gasteiger partial charge in [0.1, 0.15) is 30.0 Å². The minimum atomic E-state index is -1.01. The van der Waals surface area contributed by atoms with Crippen LogP contribution in [0.4, 0.5) is 22.1 Å². The van der Waals surface area contributed by atoms with Gasteiger partial charge in [-0.05, 0) is 24.6 Å². The van der Waals surface area contributed by atoms with Crippen LogP contribution in [0.1, 0.15) is 22.6 Å². The summed E-state index contributed by atoms with van der Waals surface area (Å²) in [4.78, 5) is 42.8. The topological polar surface area (TPSA) is 153 Å². The fourth-order valence-corrected chi connectivity index (χ4v) is 4.73. The normalized spacial score (nSPS) is 16.9. The number of pyridine rings is 2. The Balaban J connectivity index is 1.34. The summed E-state index contributed by atoms with van der Waals surface area (Å²) in [5.41, 5.74) is 3.47. The van der Waals surface area contributed by atoms with Gasteiger partial charge in [0.25, 0.3) is 5.91 Å². The average Bonchev–Trinajstić information content (AvgIpc) is 3.57. The molecule has 5 heterocycles. The number of aromatic nitrogens is 3. The highest BCUT2D eigenvalue weighted by molar-refractivity contribution is 7.07. The number of carbonyl (C=O) groups is 2. The molecular formula is C23H25N7O5S. The van der Waals surface area contributed by atoms with Gasteiger partial charge in [-0.2, -0.15) is 0 Å². The second-order valence-corrected chi connectivity index (χ2v) is 9.13. The quantitative estimate of drug-likeness (QED) is 0.350. The molecule has 3 aromatic heterocycles. The molecule has 1 saturated heterocycles. The first-order chi connectivity index (χ1) is 17.5. The van der Waals surface area contributed by atoms with Gasteiger partial charge in [-0.3, -0.25) is 15.0 Å². The van der Waals surface area contributed by atoms with E-state index in [9.17, 15) is 14.7 Å². The molecule has 1 fully saturated rings. The Bertz CT molecular complexity index is 1240. The number of thiazole rings is 1. The molecule has 4 N–H and O–H groups in total. The Labute approximate surface area is 210 Å². The lowest BCUT2D eigenvalue weighted by atomic mass is 10.1. The van der Waals surface area contributed by atoms with Crippen LogP contribution in [0.25, 0.3) is 0 Å². The Kier molecular flexibility index (Phi) is 6.93. The Morgan fingerprint density at radius 3 is 2.97 bits per heavy atom. The highest BCUT2D eigenvalue weighted by Crippen LogP contribution is 2.39. The van der Waals surface area contributed by atoms with Gasteiger partial charge in [0, 0.05) is 30.7 Å². The second kappa shape index (κ2) is 10.4. The van der Waals surface area contributed by atoms with E-state index in [1.807, 2.05) is 11.4 Å². The van der Waals surface area contributed by atoms with Gasteiger partial charge in [0.2, 0.25) is 0 Å². The predicted molar refractivity (Wildman–Crippen MR) is 132 cm³/mol. The second-order valence-electron chi connectivity index (χ2n) is 8.41. The van der Waals surface area contributed by atoms with E-state index < -0.39 is 18.7 Å². The van der Waals surface area contributed by atoms with Gasteiger partial charge in [0.15, 0.2) is 5.82 Å². The summed E-state index contributed by atoms with van der Waals surface area (Å²) < 4.78 is 5.44. The first kappa shape index (κ1) is 23.9. The molecular weight excluding hydrogens is 486 g/mol. The molecule has 12 nitrogen and oxygen atoms in total. The van der Waals surface area contributed by atoms with E-state index in [0.29, 0.717) is 24.7 Å². The zero-order chi connectivity index (χ0) is 25.1. The lowest BCUT2D eigenvalue weighted by Gasteiger charge is -2.35. The molecule has 3 aromatic rings. The van der Waals surface area contributed by atoms with Crippen LogP contribution in [0.15, 0.2) is 41.4 Å². The molecule has 2 bridgehead atoms. The van der Waals surface area contributed by atoms with E-state index in [-0.39, 0.29) is 30.1 Å². The minimum Gasteiger partial charge on any atom is -0.491 e. The van der Waals surface area contributed by atoms with Crippen LogP contribution in [0.5, 0.6) is 5.75 Å². The monoisotopic (exact) mass is 511 g/mol. The largest absolute Gasteiger partial charge is 0.491 e. The molecule has 2 atom stereocenters. The number of nitrogens with zero attached hydrogens (tertiary/aromatic N) is 5. The van der Waals surface area contributed by atoms with Gasteiger partial charge < -0.3 is 25.2 Å². The van der Waals surface area contributed by atoms with Crippen LogP contribution < -0.4 is 25.2 Å². The van der Waals surface area contributed by atoms with Crippen molar-refractivity contribution in [3.63, 3.8) is 0 Å². The molecule has 0 saturated carbocycles. The minimum absolute atomic E-state index is 0.0947. The molecule has 0 aliphatic carbocycles. The van der Waals surface area contributed by atoms with E-state index in [0.717, 1.165) is 24.3 Å². The highest BCUT2D eigenvalue weighted by atomic mass is 32.1. The molecule has 1 unspecified atom stereocenters. The van der Waals surface area contributed by atoms with Gasteiger partial charge in [-0.1, -0.05) is 0 Å². The molecule has 0 aromatic carbocycles. The van der Waals surface area contributed by atoms with Crippen LogP contribution in [0, 0.1) is 0 Å². The van der Waals surface area contributed by atoms with Crippen LogP contribution in [0.2, 0.25) is 0 Å². The van der Waals surface area contributed by atoms with Crippen LogP contribution >= 0.6 is 11.3 Å². The number of anilines is 3. The van der Waals surface area contributed by atoms with E-state index in [2.05, 4.69) is 30.5 Å². The molecule has 3 amide bonds. The van der Waals surface area contributed by atoms with Crippen LogP contribution in [-0.2, 0) is 6.54 Å². The molecule has 0 radical (unpaired) electrons. The summed E-state index contributed by atoms with van der Waals surface area (Å²) in [7, 11) is 0. The van der Waals surface area contributed by atoms with E-state index in [4.69, 9.17) is 9.84 Å². The number of hydrogen-bond acceptors (Lipinski definition) is 10. The van der Waals surface area contributed by atoms with Crippen molar-refractivity contribution in [2.45, 2.75) is 25.1 Å². The Morgan fingerprint density at radius 2 is 2.17 bits per heavy atom. The van der Waals surface area contributed by atoms with Crippen molar-refractivity contribution < 1.29 is 24.5 Å². The Morgan fingerprint density at radius 1 is 1.28 bits per heavy atom. The third-order valence-electron chi connectivity index (χ3n) is 5.94. The predicted octanol–water partition coefficient (Wildman–Crippen LogP) is 1.23. The summed E-state index contributed by atoms with van der Waals surface area (Å²) in [6.45, 7) is 1.24. The van der Waals surface area contributed by atoms with Crippen molar-refractivity contribution in [3.05, 3.63) is 52.7 Å². The summed E-state index contributed by atoms with van der Waals surface area (Å²) in [6, 6.07) is 6.08. The fraction of sp³-hybridized carbons (Fsp3) is 0.348. The maximum atomic E-state index is 13.4. The van der Waals surface area contributed by atoms with Crippen molar-refractivity contribution in [2.24, 2.45) is 0 Å². The number of nitrogens with one attached hydrogen (secondary N) is 2.